The fraction of sp³-hybridized carbons (Fsp3) is 0.600. The zero-order chi connectivity index (χ0) is 23.7. The SMILES string of the molecule is C=C(C)C(=O)NCCCCC([NH-])C(=O)O.C=C(C)C(=O)NCCCCC([NH-])C(=O)O.[Cu+2]. The number of carbonyl (C=O) groups is 4. The first kappa shape index (κ1) is 33.4. The number of amides is 2. The Morgan fingerprint density at radius 1 is 0.742 bits per heavy atom. The minimum atomic E-state index is -1.10. The van der Waals surface area contributed by atoms with Gasteiger partial charge in [0.25, 0.3) is 11.9 Å². The summed E-state index contributed by atoms with van der Waals surface area (Å²) < 4.78 is 0. The first-order valence-electron chi connectivity index (χ1n) is 9.65. The summed E-state index contributed by atoms with van der Waals surface area (Å²) in [5, 5.41) is 22.1. The molecule has 0 aromatic heterocycles. The molecule has 2 amide bonds. The van der Waals surface area contributed by atoms with E-state index in [1.807, 2.05) is 0 Å². The molecule has 6 N–H and O–H groups in total. The van der Waals surface area contributed by atoms with Gasteiger partial charge in [0.05, 0.1) is 0 Å². The third-order valence-corrected chi connectivity index (χ3v) is 3.78. The van der Waals surface area contributed by atoms with Crippen LogP contribution in [0.1, 0.15) is 52.4 Å². The van der Waals surface area contributed by atoms with Gasteiger partial charge in [-0.05, 0) is 38.8 Å². The number of carboxylic acids is 2. The summed E-state index contributed by atoms with van der Waals surface area (Å²) in [7, 11) is 0. The maximum absolute atomic E-state index is 11.0. The molecule has 0 spiro atoms. The number of carboxylic acid groups (broad SMARTS) is 2. The van der Waals surface area contributed by atoms with Crippen molar-refractivity contribution in [2.75, 3.05) is 13.1 Å². The molecule has 0 saturated carbocycles. The molecule has 0 saturated heterocycles. The van der Waals surface area contributed by atoms with Crippen molar-refractivity contribution >= 4 is 23.8 Å². The van der Waals surface area contributed by atoms with Crippen LogP contribution >= 0.6 is 0 Å². The number of hydrogen-bond acceptors (Lipinski definition) is 4. The summed E-state index contributed by atoms with van der Waals surface area (Å²) in [6.45, 7) is 11.2. The van der Waals surface area contributed by atoms with Crippen molar-refractivity contribution in [1.29, 1.82) is 0 Å². The Bertz CT molecular complexity index is 560. The quantitative estimate of drug-likeness (QED) is 0.165. The van der Waals surface area contributed by atoms with Crippen LogP contribution in [0.3, 0.4) is 0 Å². The van der Waals surface area contributed by atoms with E-state index in [0.717, 1.165) is 0 Å². The topological polar surface area (TPSA) is 180 Å². The Balaban J connectivity index is -0.000000490. The molecule has 2 unspecified atom stereocenters. The number of aliphatic carboxylic acids is 2. The molecule has 0 aliphatic carbocycles. The second kappa shape index (κ2) is 19.7. The summed E-state index contributed by atoms with van der Waals surface area (Å²) in [6.07, 6.45) is 3.24. The predicted molar refractivity (Wildman–Crippen MR) is 115 cm³/mol. The molecular weight excluding hydrogens is 456 g/mol. The van der Waals surface area contributed by atoms with Crippen molar-refractivity contribution in [3.63, 3.8) is 0 Å². The van der Waals surface area contributed by atoms with E-state index in [-0.39, 0.29) is 28.9 Å². The van der Waals surface area contributed by atoms with Crippen molar-refractivity contribution in [2.24, 2.45) is 0 Å². The Labute approximate surface area is 194 Å². The molecule has 0 aliphatic heterocycles. The maximum Gasteiger partial charge on any atom is 2.00 e. The first-order valence-corrected chi connectivity index (χ1v) is 9.65. The zero-order valence-electron chi connectivity index (χ0n) is 18.1. The molecule has 2 atom stereocenters. The van der Waals surface area contributed by atoms with Crippen molar-refractivity contribution < 1.29 is 46.5 Å². The van der Waals surface area contributed by atoms with Crippen LogP contribution in [0.2, 0.25) is 0 Å². The molecule has 0 bridgehead atoms. The largest absolute Gasteiger partial charge is 2.00 e. The van der Waals surface area contributed by atoms with Gasteiger partial charge in [0.1, 0.15) is 0 Å². The summed E-state index contributed by atoms with van der Waals surface area (Å²) in [5.74, 6) is -2.56. The van der Waals surface area contributed by atoms with Gasteiger partial charge in [0.15, 0.2) is 0 Å². The van der Waals surface area contributed by atoms with E-state index < -0.39 is 24.0 Å². The van der Waals surface area contributed by atoms with E-state index in [1.165, 1.54) is 0 Å². The van der Waals surface area contributed by atoms with Crippen LogP contribution < -0.4 is 10.6 Å². The minimum Gasteiger partial charge on any atom is -0.665 e. The Morgan fingerprint density at radius 3 is 1.26 bits per heavy atom. The van der Waals surface area contributed by atoms with Gasteiger partial charge < -0.3 is 32.3 Å². The molecule has 0 heterocycles. The molecule has 0 fully saturated rings. The van der Waals surface area contributed by atoms with Crippen LogP contribution in [0, 0.1) is 0 Å². The maximum atomic E-state index is 11.0. The summed E-state index contributed by atoms with van der Waals surface area (Å²) in [6, 6.07) is -2.11. The summed E-state index contributed by atoms with van der Waals surface area (Å²) >= 11 is 0. The van der Waals surface area contributed by atoms with Gasteiger partial charge in [0, 0.05) is 24.2 Å². The molecule has 1 radical (unpaired) electrons. The van der Waals surface area contributed by atoms with Gasteiger partial charge in [-0.1, -0.05) is 38.8 Å². The van der Waals surface area contributed by atoms with E-state index in [2.05, 4.69) is 23.8 Å². The van der Waals surface area contributed by atoms with Gasteiger partial charge in [-0.25, -0.2) is 0 Å². The standard InChI is InChI=1S/2C10H17N2O3.Cu/c2*1-7(2)9(13)12-6-4-3-5-8(11)10(14)15;/h2*8,11H,1,3-6H2,2H3,(H,12,13)(H,14,15);/q2*-1;+2. The fourth-order valence-electron chi connectivity index (χ4n) is 1.90. The molecule has 0 rings (SSSR count). The van der Waals surface area contributed by atoms with Crippen LogP contribution in [0.5, 0.6) is 0 Å². The van der Waals surface area contributed by atoms with Crippen LogP contribution in [0.15, 0.2) is 24.3 Å². The summed E-state index contributed by atoms with van der Waals surface area (Å²) in [4.78, 5) is 42.6. The second-order valence-electron chi connectivity index (χ2n) is 6.85. The zero-order valence-corrected chi connectivity index (χ0v) is 19.0. The fourth-order valence-corrected chi connectivity index (χ4v) is 1.90. The van der Waals surface area contributed by atoms with Gasteiger partial charge in [-0.3, -0.25) is 19.2 Å². The monoisotopic (exact) mass is 489 g/mol. The Morgan fingerprint density at radius 2 is 1.03 bits per heavy atom. The van der Waals surface area contributed by atoms with E-state index in [1.54, 1.807) is 13.8 Å². The molecular formula is C20H34CuN4O6. The number of unbranched alkanes of at least 4 members (excludes halogenated alkanes) is 2. The summed E-state index contributed by atoms with van der Waals surface area (Å²) in [5.41, 5.74) is 15.1. The minimum absolute atomic E-state index is 0. The van der Waals surface area contributed by atoms with Gasteiger partial charge in [0.2, 0.25) is 11.8 Å². The van der Waals surface area contributed by atoms with E-state index >= 15 is 0 Å². The number of nitrogens with one attached hydrogen (secondary N) is 4. The molecule has 0 aliphatic rings. The number of rotatable bonds is 14. The number of hydrogen-bond donors (Lipinski definition) is 4. The molecule has 0 aromatic rings. The van der Waals surface area contributed by atoms with E-state index in [9.17, 15) is 19.2 Å². The predicted octanol–water partition coefficient (Wildman–Crippen LogP) is 2.71. The van der Waals surface area contributed by atoms with Crippen molar-refractivity contribution in [2.45, 2.75) is 64.5 Å². The van der Waals surface area contributed by atoms with Crippen LogP contribution in [0.25, 0.3) is 11.5 Å². The van der Waals surface area contributed by atoms with Crippen LogP contribution in [-0.2, 0) is 36.2 Å². The Kier molecular flexibility index (Phi) is 21.3. The van der Waals surface area contributed by atoms with Crippen molar-refractivity contribution in [1.82, 2.24) is 10.6 Å². The normalized spacial score (nSPS) is 11.5. The smallest absolute Gasteiger partial charge is 0.665 e. The number of carbonyl (C=O) groups excluding carboxylic acids is 2. The molecule has 0 aromatic carbocycles. The molecule has 181 valence electrons. The average molecular weight is 490 g/mol. The Hall–Kier alpha value is -2.20. The van der Waals surface area contributed by atoms with Crippen molar-refractivity contribution in [3.8, 4) is 0 Å². The molecule has 11 heteroatoms. The van der Waals surface area contributed by atoms with Gasteiger partial charge in [-0.15, -0.1) is 0 Å². The van der Waals surface area contributed by atoms with Crippen LogP contribution in [0.4, 0.5) is 0 Å². The van der Waals surface area contributed by atoms with Crippen LogP contribution in [-0.4, -0.2) is 59.1 Å². The molecule has 10 nitrogen and oxygen atoms in total. The van der Waals surface area contributed by atoms with Gasteiger partial charge >= 0.3 is 17.1 Å². The van der Waals surface area contributed by atoms with E-state index in [0.29, 0.717) is 62.8 Å². The molecule has 31 heavy (non-hydrogen) atoms. The third kappa shape index (κ3) is 20.8. The van der Waals surface area contributed by atoms with Gasteiger partial charge in [-0.2, -0.15) is 0 Å². The second-order valence-corrected chi connectivity index (χ2v) is 6.85. The first-order chi connectivity index (χ1) is 13.9. The third-order valence-electron chi connectivity index (χ3n) is 3.78. The van der Waals surface area contributed by atoms with E-state index in [4.69, 9.17) is 21.7 Å². The van der Waals surface area contributed by atoms with Crippen molar-refractivity contribution in [3.05, 3.63) is 35.8 Å². The average Bonchev–Trinajstić information content (AvgIpc) is 2.66.